The van der Waals surface area contributed by atoms with Gasteiger partial charge in [0.15, 0.2) is 0 Å². The second kappa shape index (κ2) is 6.15. The van der Waals surface area contributed by atoms with Crippen LogP contribution in [0.2, 0.25) is 0 Å². The van der Waals surface area contributed by atoms with Gasteiger partial charge in [-0.05, 0) is 37.9 Å². The summed E-state index contributed by atoms with van der Waals surface area (Å²) in [6, 6.07) is 16.2. The van der Waals surface area contributed by atoms with Crippen molar-refractivity contribution in [1.82, 2.24) is 10.2 Å². The number of hydrogen-bond donors (Lipinski definition) is 2. The summed E-state index contributed by atoms with van der Waals surface area (Å²) in [5.74, 6) is -0.441. The van der Waals surface area contributed by atoms with Gasteiger partial charge in [-0.1, -0.05) is 72.0 Å². The number of thioether (sulfide) groups is 1. The van der Waals surface area contributed by atoms with Crippen molar-refractivity contribution in [3.8, 4) is 0 Å². The SMILES string of the molecule is Cc1ccc([C@H]2[C@@]3(SC(=S)NC3=O)C3CCCN3[C@@]23C(=O)Nc2ccccc23)cc1. The molecule has 6 rings (SSSR count). The lowest BCUT2D eigenvalue weighted by Gasteiger charge is -2.38. The van der Waals surface area contributed by atoms with Crippen molar-refractivity contribution in [2.24, 2.45) is 0 Å². The van der Waals surface area contributed by atoms with E-state index in [1.807, 2.05) is 31.2 Å². The van der Waals surface area contributed by atoms with E-state index in [9.17, 15) is 9.59 Å². The van der Waals surface area contributed by atoms with Crippen LogP contribution >= 0.6 is 24.0 Å². The molecule has 2 aromatic rings. The fourth-order valence-electron chi connectivity index (χ4n) is 6.21. The summed E-state index contributed by atoms with van der Waals surface area (Å²) < 4.78 is -0.315. The van der Waals surface area contributed by atoms with E-state index in [0.29, 0.717) is 4.32 Å². The first kappa shape index (κ1) is 18.5. The predicted molar refractivity (Wildman–Crippen MR) is 121 cm³/mol. The van der Waals surface area contributed by atoms with Crippen molar-refractivity contribution in [1.29, 1.82) is 0 Å². The van der Waals surface area contributed by atoms with E-state index in [4.69, 9.17) is 12.2 Å². The Hall–Kier alpha value is -2.22. The summed E-state index contributed by atoms with van der Waals surface area (Å²) in [6.45, 7) is 2.84. The molecule has 4 heterocycles. The van der Waals surface area contributed by atoms with Crippen LogP contribution in [0.25, 0.3) is 0 Å². The van der Waals surface area contributed by atoms with Crippen molar-refractivity contribution in [2.75, 3.05) is 11.9 Å². The molecule has 2 aromatic carbocycles. The van der Waals surface area contributed by atoms with Crippen molar-refractivity contribution in [2.45, 2.75) is 42.0 Å². The largest absolute Gasteiger partial charge is 0.324 e. The highest BCUT2D eigenvalue weighted by molar-refractivity contribution is 8.25. The highest BCUT2D eigenvalue weighted by Crippen LogP contribution is 2.67. The van der Waals surface area contributed by atoms with Gasteiger partial charge in [0, 0.05) is 23.2 Å². The minimum absolute atomic E-state index is 0.0377. The van der Waals surface area contributed by atoms with Gasteiger partial charge in [-0.3, -0.25) is 14.5 Å². The van der Waals surface area contributed by atoms with E-state index >= 15 is 0 Å². The molecule has 4 aliphatic heterocycles. The van der Waals surface area contributed by atoms with Crippen LogP contribution in [0.5, 0.6) is 0 Å². The monoisotopic (exact) mass is 435 g/mol. The number of hydrogen-bond acceptors (Lipinski definition) is 5. The lowest BCUT2D eigenvalue weighted by Crippen LogP contribution is -2.51. The Bertz CT molecular complexity index is 1120. The average molecular weight is 436 g/mol. The van der Waals surface area contributed by atoms with Crippen LogP contribution in [-0.2, 0) is 15.1 Å². The zero-order chi connectivity index (χ0) is 20.7. The highest BCUT2D eigenvalue weighted by atomic mass is 32.2. The Morgan fingerprint density at radius 2 is 1.83 bits per heavy atom. The Kier molecular flexibility index (Phi) is 3.80. The molecule has 3 fully saturated rings. The second-order valence-corrected chi connectivity index (χ2v) is 10.6. The number of amides is 2. The molecule has 4 atom stereocenters. The van der Waals surface area contributed by atoms with Gasteiger partial charge >= 0.3 is 0 Å². The molecule has 0 aliphatic carbocycles. The van der Waals surface area contributed by atoms with Crippen molar-refractivity contribution >= 4 is 45.8 Å². The van der Waals surface area contributed by atoms with Crippen molar-refractivity contribution in [3.63, 3.8) is 0 Å². The van der Waals surface area contributed by atoms with Crippen LogP contribution in [-0.4, -0.2) is 38.4 Å². The number of thiocarbonyl (C=S) groups is 1. The molecule has 152 valence electrons. The van der Waals surface area contributed by atoms with Gasteiger partial charge in [-0.2, -0.15) is 0 Å². The first-order valence-electron chi connectivity index (χ1n) is 10.3. The normalized spacial score (nSPS) is 34.5. The number of para-hydroxylation sites is 1. The Balaban J connectivity index is 1.70. The number of fused-ring (bicyclic) bond motifs is 5. The smallest absolute Gasteiger partial charge is 0.250 e. The summed E-state index contributed by atoms with van der Waals surface area (Å²) in [5, 5.41) is 6.05. The van der Waals surface area contributed by atoms with Gasteiger partial charge in [0.25, 0.3) is 0 Å². The minimum atomic E-state index is -0.919. The summed E-state index contributed by atoms with van der Waals surface area (Å²) in [7, 11) is 0. The van der Waals surface area contributed by atoms with E-state index in [1.54, 1.807) is 0 Å². The van der Waals surface area contributed by atoms with Gasteiger partial charge in [0.2, 0.25) is 11.8 Å². The maximum atomic E-state index is 13.9. The van der Waals surface area contributed by atoms with E-state index in [2.05, 4.69) is 39.8 Å². The van der Waals surface area contributed by atoms with Gasteiger partial charge in [0.05, 0.1) is 0 Å². The van der Waals surface area contributed by atoms with Crippen LogP contribution in [0.1, 0.15) is 35.4 Å². The first-order valence-corrected chi connectivity index (χ1v) is 11.5. The molecule has 5 nitrogen and oxygen atoms in total. The number of carbonyl (C=O) groups excluding carboxylic acids is 2. The summed E-state index contributed by atoms with van der Waals surface area (Å²) in [6.07, 6.45) is 1.84. The van der Waals surface area contributed by atoms with Crippen molar-refractivity contribution in [3.05, 3.63) is 65.2 Å². The third kappa shape index (κ3) is 2.05. The predicted octanol–water partition coefficient (Wildman–Crippen LogP) is 3.29. The van der Waals surface area contributed by atoms with Gasteiger partial charge in [0.1, 0.15) is 14.6 Å². The number of rotatable bonds is 1. The zero-order valence-corrected chi connectivity index (χ0v) is 18.1. The quantitative estimate of drug-likeness (QED) is 0.673. The van der Waals surface area contributed by atoms with Crippen LogP contribution in [0.15, 0.2) is 48.5 Å². The number of anilines is 1. The molecule has 2 spiro atoms. The molecule has 4 aliphatic rings. The second-order valence-electron chi connectivity index (χ2n) is 8.60. The van der Waals surface area contributed by atoms with Gasteiger partial charge in [-0.25, -0.2) is 0 Å². The van der Waals surface area contributed by atoms with Gasteiger partial charge in [-0.15, -0.1) is 0 Å². The molecule has 0 saturated carbocycles. The Labute approximate surface area is 184 Å². The van der Waals surface area contributed by atoms with E-state index in [-0.39, 0.29) is 23.8 Å². The number of nitrogens with one attached hydrogen (secondary N) is 2. The molecule has 1 unspecified atom stereocenters. The molecule has 30 heavy (non-hydrogen) atoms. The third-order valence-corrected chi connectivity index (χ3v) is 8.89. The van der Waals surface area contributed by atoms with Crippen LogP contribution in [0.3, 0.4) is 0 Å². The number of carbonyl (C=O) groups is 2. The zero-order valence-electron chi connectivity index (χ0n) is 16.5. The van der Waals surface area contributed by atoms with Crippen LogP contribution < -0.4 is 10.6 Å². The fourth-order valence-corrected chi connectivity index (χ4v) is 8.12. The molecule has 0 radical (unpaired) electrons. The van der Waals surface area contributed by atoms with E-state index in [1.165, 1.54) is 11.8 Å². The van der Waals surface area contributed by atoms with Crippen LogP contribution in [0.4, 0.5) is 5.69 Å². The molecule has 2 amide bonds. The van der Waals surface area contributed by atoms with Crippen molar-refractivity contribution < 1.29 is 9.59 Å². The first-order chi connectivity index (χ1) is 14.5. The molecular formula is C23H21N3O2S2. The third-order valence-electron chi connectivity index (χ3n) is 7.22. The van der Waals surface area contributed by atoms with E-state index < -0.39 is 10.3 Å². The number of benzene rings is 2. The Morgan fingerprint density at radius 3 is 2.57 bits per heavy atom. The minimum Gasteiger partial charge on any atom is -0.324 e. The standard InChI is InChI=1S/C23H21N3O2S2/c1-13-8-10-14(11-9-13)18-22(15-5-2-3-6-16(15)24-19(22)27)26-12-4-7-17(26)23(18)20(28)25-21(29)30-23/h2-3,5-6,8-11,17-18H,4,7,12H2,1H3,(H,24,27)(H,25,28,29)/t17?,18-,22-,23+/m1/s1. The Morgan fingerprint density at radius 1 is 1.07 bits per heavy atom. The van der Waals surface area contributed by atoms with Crippen LogP contribution in [0, 0.1) is 6.92 Å². The molecule has 3 saturated heterocycles. The van der Waals surface area contributed by atoms with Gasteiger partial charge < -0.3 is 10.6 Å². The average Bonchev–Trinajstić information content (AvgIpc) is 3.43. The molecular weight excluding hydrogens is 414 g/mol. The highest BCUT2D eigenvalue weighted by Gasteiger charge is 2.77. The topological polar surface area (TPSA) is 61.4 Å². The van der Waals surface area contributed by atoms with E-state index in [0.717, 1.165) is 41.8 Å². The summed E-state index contributed by atoms with van der Waals surface area (Å²) in [5.41, 5.74) is 3.05. The fraction of sp³-hybridized carbons (Fsp3) is 0.348. The molecule has 0 aromatic heterocycles. The molecule has 7 heteroatoms. The summed E-state index contributed by atoms with van der Waals surface area (Å²) >= 11 is 6.93. The lowest BCUT2D eigenvalue weighted by molar-refractivity contribution is -0.127. The maximum Gasteiger partial charge on any atom is 0.250 e. The molecule has 2 N–H and O–H groups in total. The number of aryl methyl sites for hydroxylation is 1. The lowest BCUT2D eigenvalue weighted by atomic mass is 9.69. The number of nitrogens with zero attached hydrogens (tertiary/aromatic N) is 1. The molecule has 0 bridgehead atoms. The maximum absolute atomic E-state index is 13.9. The summed E-state index contributed by atoms with van der Waals surface area (Å²) in [4.78, 5) is 29.7.